The summed E-state index contributed by atoms with van der Waals surface area (Å²) in [5.74, 6) is 1.40. The molecule has 0 saturated heterocycles. The normalized spacial score (nSPS) is 11.7. The van der Waals surface area contributed by atoms with E-state index in [-0.39, 0.29) is 19.1 Å². The van der Waals surface area contributed by atoms with E-state index >= 15 is 0 Å². The van der Waals surface area contributed by atoms with Crippen molar-refractivity contribution >= 4 is 23.4 Å². The van der Waals surface area contributed by atoms with Crippen LogP contribution in [0.5, 0.6) is 17.2 Å². The molecule has 0 aliphatic carbocycles. The highest BCUT2D eigenvalue weighted by Crippen LogP contribution is 2.32. The van der Waals surface area contributed by atoms with Gasteiger partial charge in [-0.1, -0.05) is 29.8 Å². The van der Waals surface area contributed by atoms with Crippen LogP contribution in [0.4, 0.5) is 0 Å². The number of hydrogen-bond acceptors (Lipinski definition) is 5. The average molecular weight is 453 g/mol. The van der Waals surface area contributed by atoms with E-state index in [1.807, 2.05) is 18.2 Å². The van der Waals surface area contributed by atoms with Crippen molar-refractivity contribution in [1.29, 1.82) is 0 Å². The molecule has 2 N–H and O–H groups in total. The number of aryl methyl sites for hydroxylation is 1. The van der Waals surface area contributed by atoms with E-state index in [9.17, 15) is 9.59 Å². The molecule has 7 nitrogen and oxygen atoms in total. The van der Waals surface area contributed by atoms with Gasteiger partial charge < -0.3 is 14.2 Å². The molecular formula is C24H21ClN2O5. The lowest BCUT2D eigenvalue weighted by atomic mass is 10.1. The Morgan fingerprint density at radius 3 is 2.38 bits per heavy atom. The summed E-state index contributed by atoms with van der Waals surface area (Å²) in [7, 11) is 0. The number of halogens is 1. The standard InChI is InChI=1S/C24H21ClN2O5/c25-19-7-9-20(10-8-19)30-14-17-1-5-18(6-2-17)24(29)27-26-23(28)12-4-16-3-11-21-22(13-16)32-15-31-21/h1-3,5-11,13H,4,12,14-15H2,(H,26,28)(H,27,29). The Kier molecular flexibility index (Phi) is 6.77. The first kappa shape index (κ1) is 21.5. The van der Waals surface area contributed by atoms with Crippen LogP contribution in [0, 0.1) is 0 Å². The summed E-state index contributed by atoms with van der Waals surface area (Å²) < 4.78 is 16.3. The van der Waals surface area contributed by atoms with E-state index < -0.39 is 5.91 Å². The highest BCUT2D eigenvalue weighted by atomic mass is 35.5. The van der Waals surface area contributed by atoms with Crippen molar-refractivity contribution in [2.45, 2.75) is 19.4 Å². The van der Waals surface area contributed by atoms with Crippen LogP contribution in [-0.4, -0.2) is 18.6 Å². The van der Waals surface area contributed by atoms with E-state index in [0.717, 1.165) is 11.1 Å². The van der Waals surface area contributed by atoms with Gasteiger partial charge in [-0.05, 0) is 66.1 Å². The molecular weight excluding hydrogens is 432 g/mol. The van der Waals surface area contributed by atoms with Gasteiger partial charge >= 0.3 is 0 Å². The van der Waals surface area contributed by atoms with Crippen LogP contribution in [0.2, 0.25) is 5.02 Å². The second kappa shape index (κ2) is 10.1. The second-order valence-electron chi connectivity index (χ2n) is 7.13. The van der Waals surface area contributed by atoms with Gasteiger partial charge in [0, 0.05) is 17.0 Å². The van der Waals surface area contributed by atoms with E-state index in [1.165, 1.54) is 0 Å². The number of ether oxygens (including phenoxy) is 3. The minimum Gasteiger partial charge on any atom is -0.489 e. The minimum absolute atomic E-state index is 0.210. The first-order valence-electron chi connectivity index (χ1n) is 10.0. The number of amides is 2. The van der Waals surface area contributed by atoms with Crippen LogP contribution in [0.1, 0.15) is 27.9 Å². The first-order chi connectivity index (χ1) is 15.6. The van der Waals surface area contributed by atoms with Gasteiger partial charge in [0.2, 0.25) is 12.7 Å². The van der Waals surface area contributed by atoms with Crippen LogP contribution >= 0.6 is 11.6 Å². The van der Waals surface area contributed by atoms with Crippen molar-refractivity contribution in [2.75, 3.05) is 6.79 Å². The van der Waals surface area contributed by atoms with Gasteiger partial charge in [-0.2, -0.15) is 0 Å². The Morgan fingerprint density at radius 1 is 0.875 bits per heavy atom. The number of carbonyl (C=O) groups is 2. The molecule has 0 atom stereocenters. The number of fused-ring (bicyclic) bond motifs is 1. The Balaban J connectivity index is 1.20. The molecule has 3 aromatic carbocycles. The highest BCUT2D eigenvalue weighted by molar-refractivity contribution is 6.30. The Morgan fingerprint density at radius 2 is 1.59 bits per heavy atom. The van der Waals surface area contributed by atoms with Crippen molar-refractivity contribution < 1.29 is 23.8 Å². The summed E-state index contributed by atoms with van der Waals surface area (Å²) in [5, 5.41) is 0.646. The van der Waals surface area contributed by atoms with Crippen molar-refractivity contribution in [3.05, 3.63) is 88.4 Å². The third-order valence-corrected chi connectivity index (χ3v) is 5.08. The monoisotopic (exact) mass is 452 g/mol. The van der Waals surface area contributed by atoms with Gasteiger partial charge in [-0.15, -0.1) is 0 Å². The topological polar surface area (TPSA) is 85.9 Å². The largest absolute Gasteiger partial charge is 0.489 e. The first-order valence-corrected chi connectivity index (χ1v) is 10.4. The van der Waals surface area contributed by atoms with Gasteiger partial charge in [0.15, 0.2) is 11.5 Å². The lowest BCUT2D eigenvalue weighted by Gasteiger charge is -2.09. The van der Waals surface area contributed by atoms with Gasteiger partial charge in [-0.25, -0.2) is 0 Å². The molecule has 3 aromatic rings. The fourth-order valence-electron chi connectivity index (χ4n) is 3.07. The molecule has 32 heavy (non-hydrogen) atoms. The number of hydrogen-bond donors (Lipinski definition) is 2. The Hall–Kier alpha value is -3.71. The molecule has 0 spiro atoms. The molecule has 0 saturated carbocycles. The molecule has 1 heterocycles. The molecule has 0 aromatic heterocycles. The molecule has 1 aliphatic rings. The van der Waals surface area contributed by atoms with Crippen molar-refractivity contribution in [3.63, 3.8) is 0 Å². The van der Waals surface area contributed by atoms with Crippen molar-refractivity contribution in [3.8, 4) is 17.2 Å². The van der Waals surface area contributed by atoms with Crippen molar-refractivity contribution in [1.82, 2.24) is 10.9 Å². The second-order valence-corrected chi connectivity index (χ2v) is 7.57. The maximum atomic E-state index is 12.3. The lowest BCUT2D eigenvalue weighted by molar-refractivity contribution is -0.121. The maximum Gasteiger partial charge on any atom is 0.269 e. The van der Waals surface area contributed by atoms with Gasteiger partial charge in [0.25, 0.3) is 5.91 Å². The predicted octanol–water partition coefficient (Wildman–Crippen LogP) is 4.04. The zero-order valence-electron chi connectivity index (χ0n) is 17.1. The van der Waals surface area contributed by atoms with E-state index in [0.29, 0.717) is 40.9 Å². The van der Waals surface area contributed by atoms with Crippen LogP contribution < -0.4 is 25.1 Å². The molecule has 0 bridgehead atoms. The van der Waals surface area contributed by atoms with Crippen LogP contribution in [-0.2, 0) is 17.8 Å². The summed E-state index contributed by atoms with van der Waals surface area (Å²) in [6, 6.07) is 19.6. The van der Waals surface area contributed by atoms with E-state index in [4.69, 9.17) is 25.8 Å². The number of benzene rings is 3. The number of carbonyl (C=O) groups excluding carboxylic acids is 2. The summed E-state index contributed by atoms with van der Waals surface area (Å²) >= 11 is 5.86. The molecule has 164 valence electrons. The maximum absolute atomic E-state index is 12.3. The molecule has 0 unspecified atom stereocenters. The third-order valence-electron chi connectivity index (χ3n) is 4.83. The quantitative estimate of drug-likeness (QED) is 0.528. The zero-order valence-corrected chi connectivity index (χ0v) is 17.9. The van der Waals surface area contributed by atoms with Crippen molar-refractivity contribution in [2.24, 2.45) is 0 Å². The molecule has 8 heteroatoms. The Labute approximate surface area is 190 Å². The minimum atomic E-state index is -0.397. The summed E-state index contributed by atoms with van der Waals surface area (Å²) in [4.78, 5) is 24.3. The zero-order chi connectivity index (χ0) is 22.3. The summed E-state index contributed by atoms with van der Waals surface area (Å²) in [6.45, 7) is 0.571. The van der Waals surface area contributed by atoms with E-state index in [1.54, 1.807) is 48.5 Å². The smallest absolute Gasteiger partial charge is 0.269 e. The van der Waals surface area contributed by atoms with Crippen LogP contribution in [0.15, 0.2) is 66.7 Å². The lowest BCUT2D eigenvalue weighted by Crippen LogP contribution is -2.41. The van der Waals surface area contributed by atoms with Gasteiger partial charge in [0.05, 0.1) is 0 Å². The molecule has 0 radical (unpaired) electrons. The number of hydrazine groups is 1. The fraction of sp³-hybridized carbons (Fsp3) is 0.167. The Bertz CT molecular complexity index is 1100. The third kappa shape index (κ3) is 5.70. The number of rotatable bonds is 7. The molecule has 0 fully saturated rings. The fourth-order valence-corrected chi connectivity index (χ4v) is 3.19. The molecule has 4 rings (SSSR count). The molecule has 1 aliphatic heterocycles. The SMILES string of the molecule is O=C(CCc1ccc2c(c1)OCO2)NNC(=O)c1ccc(COc2ccc(Cl)cc2)cc1. The summed E-state index contributed by atoms with van der Waals surface area (Å²) in [5.41, 5.74) is 7.16. The highest BCUT2D eigenvalue weighted by Gasteiger charge is 2.14. The van der Waals surface area contributed by atoms with Crippen LogP contribution in [0.3, 0.4) is 0 Å². The predicted molar refractivity (Wildman–Crippen MR) is 119 cm³/mol. The van der Waals surface area contributed by atoms with E-state index in [2.05, 4.69) is 10.9 Å². The number of nitrogens with one attached hydrogen (secondary N) is 2. The van der Waals surface area contributed by atoms with Gasteiger partial charge in [0.1, 0.15) is 12.4 Å². The summed E-state index contributed by atoms with van der Waals surface area (Å²) in [6.07, 6.45) is 0.738. The average Bonchev–Trinajstić information content (AvgIpc) is 3.29. The van der Waals surface area contributed by atoms with Crippen LogP contribution in [0.25, 0.3) is 0 Å². The molecule has 2 amide bonds. The van der Waals surface area contributed by atoms with Gasteiger partial charge in [-0.3, -0.25) is 20.4 Å².